The molecule has 1 saturated heterocycles. The fourth-order valence-electron chi connectivity index (χ4n) is 4.46. The quantitative estimate of drug-likeness (QED) is 0.639. The third-order valence-corrected chi connectivity index (χ3v) is 5.70. The molecule has 1 aromatic carbocycles. The van der Waals surface area contributed by atoms with Gasteiger partial charge in [-0.25, -0.2) is 0 Å². The van der Waals surface area contributed by atoms with Gasteiger partial charge in [0.15, 0.2) is 5.41 Å². The van der Waals surface area contributed by atoms with Gasteiger partial charge in [0, 0.05) is 12.1 Å². The van der Waals surface area contributed by atoms with Gasteiger partial charge in [-0.2, -0.15) is 18.4 Å². The largest absolute Gasteiger partial charge is 0.462 e. The molecule has 4 atom stereocenters. The van der Waals surface area contributed by atoms with Gasteiger partial charge in [-0.15, -0.1) is 0 Å². The van der Waals surface area contributed by atoms with Gasteiger partial charge >= 0.3 is 12.1 Å². The van der Waals surface area contributed by atoms with Gasteiger partial charge in [-0.05, 0) is 31.6 Å². The summed E-state index contributed by atoms with van der Waals surface area (Å²) in [7, 11) is 0. The van der Waals surface area contributed by atoms with Crippen molar-refractivity contribution in [2.24, 2.45) is 16.9 Å². The maximum absolute atomic E-state index is 13.9. The molecular formula is C22H21F3N4O4. The van der Waals surface area contributed by atoms with Crippen LogP contribution >= 0.6 is 0 Å². The lowest BCUT2D eigenvalue weighted by molar-refractivity contribution is -0.158. The van der Waals surface area contributed by atoms with E-state index in [-0.39, 0.29) is 5.57 Å². The standard InChI is InChI=1S/C22H21F3N4O4/c1-11(2)33-20(32)21(10-26)15-8-7-12(18(27)30)9-29(15)17(19(28)31)16(21)13-5-3-4-6-14(13)22(23,24)25/h3-9,11,15-17H,1-2H3,(H2,27,30)(H2,28,31)/t15-,16-,17-,21+/m1/s1. The van der Waals surface area contributed by atoms with Gasteiger partial charge in [0.1, 0.15) is 6.04 Å². The molecule has 1 aromatic rings. The molecule has 0 radical (unpaired) electrons. The number of carbonyl (C=O) groups excluding carboxylic acids is 3. The maximum atomic E-state index is 13.9. The van der Waals surface area contributed by atoms with Crippen molar-refractivity contribution in [1.29, 1.82) is 5.26 Å². The molecule has 0 spiro atoms. The minimum atomic E-state index is -4.85. The highest BCUT2D eigenvalue weighted by Gasteiger charge is 2.67. The second-order valence-electron chi connectivity index (χ2n) is 8.04. The monoisotopic (exact) mass is 462 g/mol. The van der Waals surface area contributed by atoms with Crippen LogP contribution in [-0.4, -0.2) is 40.9 Å². The second kappa shape index (κ2) is 8.27. The van der Waals surface area contributed by atoms with Crippen LogP contribution < -0.4 is 11.5 Å². The van der Waals surface area contributed by atoms with Gasteiger partial charge in [0.05, 0.1) is 29.4 Å². The van der Waals surface area contributed by atoms with Crippen LogP contribution in [0.1, 0.15) is 30.9 Å². The van der Waals surface area contributed by atoms with Crippen LogP contribution in [0.4, 0.5) is 13.2 Å². The summed E-state index contributed by atoms with van der Waals surface area (Å²) in [5, 5.41) is 10.3. The van der Waals surface area contributed by atoms with E-state index in [2.05, 4.69) is 0 Å². The number of alkyl halides is 3. The number of fused-ring (bicyclic) bond motifs is 1. The van der Waals surface area contributed by atoms with E-state index in [0.29, 0.717) is 0 Å². The van der Waals surface area contributed by atoms with Gasteiger partial charge in [0.25, 0.3) is 0 Å². The summed E-state index contributed by atoms with van der Waals surface area (Å²) in [6.07, 6.45) is -1.90. The minimum absolute atomic E-state index is 0.0775. The van der Waals surface area contributed by atoms with Gasteiger partial charge in [0.2, 0.25) is 11.8 Å². The molecule has 2 amide bonds. The van der Waals surface area contributed by atoms with Crippen LogP contribution in [0.5, 0.6) is 0 Å². The highest BCUT2D eigenvalue weighted by atomic mass is 19.4. The molecule has 11 heteroatoms. The number of nitriles is 1. The smallest absolute Gasteiger partial charge is 0.416 e. The van der Waals surface area contributed by atoms with Crippen molar-refractivity contribution in [2.45, 2.75) is 44.1 Å². The Labute approximate surface area is 187 Å². The maximum Gasteiger partial charge on any atom is 0.416 e. The van der Waals surface area contributed by atoms with Crippen molar-refractivity contribution in [1.82, 2.24) is 4.90 Å². The number of hydrogen-bond acceptors (Lipinski definition) is 6. The van der Waals surface area contributed by atoms with E-state index >= 15 is 0 Å². The topological polar surface area (TPSA) is 140 Å². The summed E-state index contributed by atoms with van der Waals surface area (Å²) >= 11 is 0. The number of hydrogen-bond donors (Lipinski definition) is 2. The number of carbonyl (C=O) groups is 3. The molecule has 4 N–H and O–H groups in total. The number of nitrogens with two attached hydrogens (primary N) is 2. The van der Waals surface area contributed by atoms with Crippen molar-refractivity contribution >= 4 is 17.8 Å². The number of ether oxygens (including phenoxy) is 1. The number of nitrogens with zero attached hydrogens (tertiary/aromatic N) is 2. The number of rotatable bonds is 5. The fourth-order valence-corrected chi connectivity index (χ4v) is 4.46. The first-order chi connectivity index (χ1) is 15.4. The lowest BCUT2D eigenvalue weighted by Crippen LogP contribution is -2.46. The first-order valence-electron chi connectivity index (χ1n) is 9.91. The molecule has 0 aliphatic carbocycles. The van der Waals surface area contributed by atoms with E-state index in [0.717, 1.165) is 29.3 Å². The van der Waals surface area contributed by atoms with Crippen LogP contribution in [0, 0.1) is 16.7 Å². The Morgan fingerprint density at radius 1 is 1.21 bits per heavy atom. The number of primary amides is 2. The molecule has 3 rings (SSSR count). The summed E-state index contributed by atoms with van der Waals surface area (Å²) in [5.74, 6) is -4.74. The third-order valence-electron chi connectivity index (χ3n) is 5.70. The van der Waals surface area contributed by atoms with Crippen LogP contribution in [0.15, 0.2) is 48.2 Å². The summed E-state index contributed by atoms with van der Waals surface area (Å²) in [4.78, 5) is 38.8. The Balaban J connectivity index is 2.38. The predicted octanol–water partition coefficient (Wildman–Crippen LogP) is 1.73. The van der Waals surface area contributed by atoms with Crippen molar-refractivity contribution in [3.05, 3.63) is 59.3 Å². The zero-order chi connectivity index (χ0) is 24.7. The van der Waals surface area contributed by atoms with E-state index in [9.17, 15) is 32.8 Å². The Morgan fingerprint density at radius 2 is 1.85 bits per heavy atom. The Bertz CT molecular complexity index is 1110. The van der Waals surface area contributed by atoms with Crippen molar-refractivity contribution < 1.29 is 32.3 Å². The molecule has 0 unspecified atom stereocenters. The van der Waals surface area contributed by atoms with Crippen molar-refractivity contribution in [2.75, 3.05) is 0 Å². The summed E-state index contributed by atoms with van der Waals surface area (Å²) < 4.78 is 47.0. The minimum Gasteiger partial charge on any atom is -0.462 e. The van der Waals surface area contributed by atoms with Crippen LogP contribution in [0.3, 0.4) is 0 Å². The lowest BCUT2D eigenvalue weighted by Gasteiger charge is -2.33. The van der Waals surface area contributed by atoms with E-state index in [1.165, 1.54) is 32.1 Å². The third kappa shape index (κ3) is 3.82. The molecule has 2 heterocycles. The van der Waals surface area contributed by atoms with E-state index in [4.69, 9.17) is 16.2 Å². The molecule has 2 aliphatic heterocycles. The first kappa shape index (κ1) is 23.8. The van der Waals surface area contributed by atoms with Gasteiger partial charge < -0.3 is 21.1 Å². The normalized spacial score (nSPS) is 26.4. The number of esters is 1. The van der Waals surface area contributed by atoms with Crippen LogP contribution in [-0.2, 0) is 25.3 Å². The van der Waals surface area contributed by atoms with E-state index in [1.54, 1.807) is 0 Å². The van der Waals surface area contributed by atoms with Gasteiger partial charge in [-0.3, -0.25) is 14.4 Å². The first-order valence-corrected chi connectivity index (χ1v) is 9.91. The highest BCUT2D eigenvalue weighted by molar-refractivity contribution is 5.96. The number of benzene rings is 1. The molecule has 174 valence electrons. The van der Waals surface area contributed by atoms with E-state index < -0.39 is 64.6 Å². The average molecular weight is 462 g/mol. The molecular weight excluding hydrogens is 441 g/mol. The zero-order valence-corrected chi connectivity index (χ0v) is 17.7. The molecule has 1 fully saturated rings. The summed E-state index contributed by atoms with van der Waals surface area (Å²) in [6, 6.07) is 3.36. The molecule has 33 heavy (non-hydrogen) atoms. The van der Waals surface area contributed by atoms with E-state index in [1.807, 2.05) is 6.07 Å². The molecule has 0 saturated carbocycles. The number of amides is 2. The Morgan fingerprint density at radius 3 is 2.36 bits per heavy atom. The Hall–Kier alpha value is -3.81. The van der Waals surface area contributed by atoms with Crippen LogP contribution in [0.2, 0.25) is 0 Å². The predicted molar refractivity (Wildman–Crippen MR) is 108 cm³/mol. The molecule has 2 aliphatic rings. The van der Waals surface area contributed by atoms with Gasteiger partial charge in [-0.1, -0.05) is 24.3 Å². The van der Waals surface area contributed by atoms with Crippen molar-refractivity contribution in [3.63, 3.8) is 0 Å². The SMILES string of the molecule is CC(C)OC(=O)[C@]1(C#N)[C@H](c2ccccc2C(F)(F)F)[C@H](C(N)=O)N2C=C(C(N)=O)C=C[C@@H]21. The van der Waals surface area contributed by atoms with Crippen molar-refractivity contribution in [3.8, 4) is 6.07 Å². The Kier molecular flexibility index (Phi) is 5.98. The number of halogens is 3. The summed E-state index contributed by atoms with van der Waals surface area (Å²) in [6.45, 7) is 3.03. The zero-order valence-electron chi connectivity index (χ0n) is 17.7. The lowest BCUT2D eigenvalue weighted by atomic mass is 9.67. The van der Waals surface area contributed by atoms with Crippen LogP contribution in [0.25, 0.3) is 0 Å². The molecule has 0 bridgehead atoms. The second-order valence-corrected chi connectivity index (χ2v) is 8.04. The molecule has 8 nitrogen and oxygen atoms in total. The summed E-state index contributed by atoms with van der Waals surface area (Å²) in [5.41, 5.74) is 6.96. The molecule has 0 aromatic heterocycles. The fraction of sp³-hybridized carbons (Fsp3) is 0.364. The highest BCUT2D eigenvalue weighted by Crippen LogP contribution is 2.55. The average Bonchev–Trinajstić information content (AvgIpc) is 3.03.